The van der Waals surface area contributed by atoms with Crippen LogP contribution in [0.25, 0.3) is 0 Å². The second-order valence-electron chi connectivity index (χ2n) is 5.74. The van der Waals surface area contributed by atoms with E-state index in [1.54, 1.807) is 31.3 Å². The molecule has 128 valence electrons. The molecule has 3 N–H and O–H groups in total. The number of nitrogens with zero attached hydrogens (tertiary/aromatic N) is 3. The van der Waals surface area contributed by atoms with Crippen LogP contribution in [0.2, 0.25) is 0 Å². The summed E-state index contributed by atoms with van der Waals surface area (Å²) in [6.45, 7) is 0. The van der Waals surface area contributed by atoms with Gasteiger partial charge in [0.05, 0.1) is 30.2 Å². The average molecular weight is 339 g/mol. The van der Waals surface area contributed by atoms with Crippen molar-refractivity contribution >= 4 is 5.82 Å². The zero-order valence-electron chi connectivity index (χ0n) is 14.0. The lowest BCUT2D eigenvalue weighted by Gasteiger charge is -2.28. The number of nitrogens with one attached hydrogen (secondary N) is 1. The highest BCUT2D eigenvalue weighted by Crippen LogP contribution is 2.38. The normalized spacial score (nSPS) is 16.0. The van der Waals surface area contributed by atoms with Crippen LogP contribution in [-0.4, -0.2) is 16.2 Å². The minimum Gasteiger partial charge on any atom is -0.497 e. The molecular formula is C17H17N5O3. The molecule has 0 bridgehead atoms. The number of nitrogens with two attached hydrogens (primary N) is 1. The van der Waals surface area contributed by atoms with Crippen LogP contribution >= 0.6 is 0 Å². The summed E-state index contributed by atoms with van der Waals surface area (Å²) in [5, 5.41) is 12.4. The number of hydrogen-bond acceptors (Lipinski definition) is 6. The third kappa shape index (κ3) is 2.37. The van der Waals surface area contributed by atoms with Gasteiger partial charge in [-0.1, -0.05) is 12.1 Å². The molecule has 1 aliphatic rings. The Balaban J connectivity index is 2.40. The maximum Gasteiger partial charge on any atom is 0.332 e. The number of hydrogen-bond donors (Lipinski definition) is 2. The van der Waals surface area contributed by atoms with Gasteiger partial charge >= 0.3 is 5.69 Å². The molecule has 0 amide bonds. The van der Waals surface area contributed by atoms with E-state index < -0.39 is 17.2 Å². The quantitative estimate of drug-likeness (QED) is 0.815. The third-order valence-corrected chi connectivity index (χ3v) is 4.37. The van der Waals surface area contributed by atoms with E-state index in [1.807, 2.05) is 0 Å². The number of rotatable bonds is 2. The first kappa shape index (κ1) is 16.4. The predicted octanol–water partition coefficient (Wildman–Crippen LogP) is 0.344. The first-order chi connectivity index (χ1) is 11.9. The molecule has 1 aromatic heterocycles. The van der Waals surface area contributed by atoms with E-state index in [0.29, 0.717) is 16.9 Å². The van der Waals surface area contributed by atoms with Gasteiger partial charge in [-0.15, -0.1) is 0 Å². The van der Waals surface area contributed by atoms with Crippen LogP contribution in [0.4, 0.5) is 5.82 Å². The number of nitriles is 1. The molecule has 8 nitrogen and oxygen atoms in total. The molecular weight excluding hydrogens is 322 g/mol. The van der Waals surface area contributed by atoms with Gasteiger partial charge in [0.1, 0.15) is 17.4 Å². The average Bonchev–Trinajstić information content (AvgIpc) is 2.63. The number of fused-ring (bicyclic) bond motifs is 1. The predicted molar refractivity (Wildman–Crippen MR) is 92.2 cm³/mol. The first-order valence-corrected chi connectivity index (χ1v) is 7.51. The topological polar surface area (TPSA) is 115 Å². The van der Waals surface area contributed by atoms with Crippen molar-refractivity contribution < 1.29 is 4.74 Å². The fourth-order valence-corrected chi connectivity index (χ4v) is 3.06. The van der Waals surface area contributed by atoms with Crippen molar-refractivity contribution in [3.8, 4) is 11.8 Å². The molecule has 0 saturated carbocycles. The van der Waals surface area contributed by atoms with Crippen molar-refractivity contribution in [1.29, 1.82) is 5.26 Å². The van der Waals surface area contributed by atoms with Gasteiger partial charge in [0.25, 0.3) is 5.56 Å². The lowest BCUT2D eigenvalue weighted by molar-refractivity contribution is 0.414. The fourth-order valence-electron chi connectivity index (χ4n) is 3.06. The van der Waals surface area contributed by atoms with Crippen LogP contribution in [0, 0.1) is 11.3 Å². The smallest absolute Gasteiger partial charge is 0.332 e. The highest BCUT2D eigenvalue weighted by Gasteiger charge is 2.34. The molecule has 1 aliphatic heterocycles. The van der Waals surface area contributed by atoms with Gasteiger partial charge < -0.3 is 15.8 Å². The van der Waals surface area contributed by atoms with Gasteiger partial charge in [-0.2, -0.15) is 5.26 Å². The molecule has 1 atom stereocenters. The number of ether oxygens (including phenoxy) is 1. The molecule has 1 aromatic carbocycles. The molecule has 0 spiro atoms. The van der Waals surface area contributed by atoms with Crippen LogP contribution in [0.3, 0.4) is 0 Å². The molecule has 3 rings (SSSR count). The van der Waals surface area contributed by atoms with Gasteiger partial charge in [0, 0.05) is 14.1 Å². The highest BCUT2D eigenvalue weighted by molar-refractivity contribution is 5.64. The molecule has 0 fully saturated rings. The molecule has 8 heteroatoms. The van der Waals surface area contributed by atoms with Crippen LogP contribution in [0.5, 0.6) is 5.75 Å². The van der Waals surface area contributed by atoms with Gasteiger partial charge in [-0.25, -0.2) is 4.79 Å². The van der Waals surface area contributed by atoms with E-state index >= 15 is 0 Å². The fraction of sp³-hybridized carbons (Fsp3) is 0.235. The van der Waals surface area contributed by atoms with Crippen molar-refractivity contribution in [3.63, 3.8) is 0 Å². The Morgan fingerprint density at radius 3 is 2.64 bits per heavy atom. The van der Waals surface area contributed by atoms with E-state index in [1.165, 1.54) is 18.7 Å². The molecule has 2 heterocycles. The highest BCUT2D eigenvalue weighted by atomic mass is 16.5. The summed E-state index contributed by atoms with van der Waals surface area (Å²) in [5.41, 5.74) is 6.24. The number of anilines is 1. The monoisotopic (exact) mass is 339 g/mol. The molecule has 0 aliphatic carbocycles. The van der Waals surface area contributed by atoms with Crippen molar-refractivity contribution in [2.45, 2.75) is 5.92 Å². The molecule has 0 radical (unpaired) electrons. The van der Waals surface area contributed by atoms with Crippen LogP contribution in [0.15, 0.2) is 45.2 Å². The summed E-state index contributed by atoms with van der Waals surface area (Å²) >= 11 is 0. The SMILES string of the molecule is COc1cccc([C@H]2C(C#N)=C(N)Nc3c2c(=O)n(C)c(=O)n3C)c1. The zero-order chi connectivity index (χ0) is 18.3. The number of allylic oxidation sites excluding steroid dienone is 1. The Morgan fingerprint density at radius 1 is 1.28 bits per heavy atom. The van der Waals surface area contributed by atoms with Gasteiger partial charge in [0.2, 0.25) is 0 Å². The number of aromatic nitrogens is 2. The summed E-state index contributed by atoms with van der Waals surface area (Å²) in [6, 6.07) is 9.15. The molecule has 2 aromatic rings. The van der Waals surface area contributed by atoms with Crippen molar-refractivity contribution in [2.75, 3.05) is 12.4 Å². The summed E-state index contributed by atoms with van der Waals surface area (Å²) in [5.74, 6) is 0.306. The largest absolute Gasteiger partial charge is 0.497 e. The standard InChI is InChI=1S/C17H17N5O3/c1-21-15-13(16(23)22(2)17(21)24)12(11(8-18)14(19)20-15)9-5-4-6-10(7-9)25-3/h4-7,12,20H,19H2,1-3H3/t12-/m0/s1. The maximum atomic E-state index is 12.8. The Kier molecular flexibility index (Phi) is 3.85. The van der Waals surface area contributed by atoms with E-state index in [0.717, 1.165) is 4.57 Å². The summed E-state index contributed by atoms with van der Waals surface area (Å²) in [7, 11) is 4.48. The van der Waals surface area contributed by atoms with Gasteiger partial charge in [-0.05, 0) is 17.7 Å². The summed E-state index contributed by atoms with van der Waals surface area (Å²) in [4.78, 5) is 25.0. The summed E-state index contributed by atoms with van der Waals surface area (Å²) in [6.07, 6.45) is 0. The molecule has 0 saturated heterocycles. The number of methoxy groups -OCH3 is 1. The van der Waals surface area contributed by atoms with Gasteiger partial charge in [-0.3, -0.25) is 13.9 Å². The van der Waals surface area contributed by atoms with Crippen LogP contribution in [0.1, 0.15) is 17.0 Å². The second kappa shape index (κ2) is 5.87. The zero-order valence-corrected chi connectivity index (χ0v) is 14.0. The lowest BCUT2D eigenvalue weighted by atomic mass is 9.84. The van der Waals surface area contributed by atoms with Crippen LogP contribution < -0.4 is 27.0 Å². The van der Waals surface area contributed by atoms with Crippen molar-refractivity contribution in [2.24, 2.45) is 19.8 Å². The summed E-state index contributed by atoms with van der Waals surface area (Å²) < 4.78 is 7.57. The van der Waals surface area contributed by atoms with Crippen molar-refractivity contribution in [1.82, 2.24) is 9.13 Å². The van der Waals surface area contributed by atoms with Crippen molar-refractivity contribution in [3.05, 3.63) is 67.6 Å². The lowest BCUT2D eigenvalue weighted by Crippen LogP contribution is -2.43. The van der Waals surface area contributed by atoms with E-state index in [2.05, 4.69) is 11.4 Å². The Hall–Kier alpha value is -3.47. The Bertz CT molecular complexity index is 1060. The second-order valence-corrected chi connectivity index (χ2v) is 5.74. The van der Waals surface area contributed by atoms with E-state index in [9.17, 15) is 14.9 Å². The van der Waals surface area contributed by atoms with Crippen LogP contribution in [-0.2, 0) is 14.1 Å². The minimum absolute atomic E-state index is 0.117. The third-order valence-electron chi connectivity index (χ3n) is 4.37. The maximum absolute atomic E-state index is 12.8. The van der Waals surface area contributed by atoms with E-state index in [4.69, 9.17) is 10.5 Å². The Morgan fingerprint density at radius 2 is 2.00 bits per heavy atom. The first-order valence-electron chi connectivity index (χ1n) is 7.51. The van der Waals surface area contributed by atoms with Gasteiger partial charge in [0.15, 0.2) is 0 Å². The number of benzene rings is 1. The minimum atomic E-state index is -0.693. The molecule has 0 unspecified atom stereocenters. The molecule has 25 heavy (non-hydrogen) atoms. The Labute approximate surface area is 143 Å². The van der Waals surface area contributed by atoms with E-state index in [-0.39, 0.29) is 17.2 Å².